The van der Waals surface area contributed by atoms with Gasteiger partial charge in [-0.3, -0.25) is 9.69 Å². The summed E-state index contributed by atoms with van der Waals surface area (Å²) in [7, 11) is 1.92. The van der Waals surface area contributed by atoms with Gasteiger partial charge < -0.3 is 10.1 Å². The SMILES string of the molecule is Cc1cc(NC(=O)CN(C)CC2CCCCO2)n(-c2ccc(F)cc2)n1. The molecule has 1 N–H and O–H groups in total. The number of likely N-dealkylation sites (N-methyl/N-ethyl adjacent to an activating group) is 1. The summed E-state index contributed by atoms with van der Waals surface area (Å²) < 4.78 is 20.5. The van der Waals surface area contributed by atoms with Crippen LogP contribution in [-0.4, -0.2) is 53.4 Å². The van der Waals surface area contributed by atoms with Gasteiger partial charge >= 0.3 is 0 Å². The molecule has 3 rings (SSSR count). The second-order valence-electron chi connectivity index (χ2n) is 6.79. The number of benzene rings is 1. The summed E-state index contributed by atoms with van der Waals surface area (Å²) in [6, 6.07) is 7.80. The number of hydrogen-bond donors (Lipinski definition) is 1. The van der Waals surface area contributed by atoms with E-state index >= 15 is 0 Å². The Balaban J connectivity index is 1.61. The number of hydrogen-bond acceptors (Lipinski definition) is 4. The van der Waals surface area contributed by atoms with E-state index in [0.717, 1.165) is 31.7 Å². The van der Waals surface area contributed by atoms with E-state index in [0.29, 0.717) is 11.5 Å². The minimum Gasteiger partial charge on any atom is -0.377 e. The zero-order chi connectivity index (χ0) is 18.5. The second kappa shape index (κ2) is 8.42. The molecule has 6 nitrogen and oxygen atoms in total. The molecule has 140 valence electrons. The third kappa shape index (κ3) is 4.89. The van der Waals surface area contributed by atoms with Gasteiger partial charge in [0.15, 0.2) is 0 Å². The third-order valence-electron chi connectivity index (χ3n) is 4.37. The highest BCUT2D eigenvalue weighted by Gasteiger charge is 2.18. The summed E-state index contributed by atoms with van der Waals surface area (Å²) in [5.41, 5.74) is 1.47. The number of halogens is 1. The summed E-state index contributed by atoms with van der Waals surface area (Å²) in [5.74, 6) is 0.141. The van der Waals surface area contributed by atoms with E-state index < -0.39 is 0 Å². The maximum Gasteiger partial charge on any atom is 0.239 e. The van der Waals surface area contributed by atoms with Crippen LogP contribution in [-0.2, 0) is 9.53 Å². The molecule has 26 heavy (non-hydrogen) atoms. The summed E-state index contributed by atoms with van der Waals surface area (Å²) in [6.45, 7) is 3.67. The van der Waals surface area contributed by atoms with Gasteiger partial charge in [0, 0.05) is 19.2 Å². The van der Waals surface area contributed by atoms with Crippen molar-refractivity contribution in [3.63, 3.8) is 0 Å². The van der Waals surface area contributed by atoms with Crippen LogP contribution in [0.2, 0.25) is 0 Å². The quantitative estimate of drug-likeness (QED) is 0.861. The fourth-order valence-corrected chi connectivity index (χ4v) is 3.16. The monoisotopic (exact) mass is 360 g/mol. The van der Waals surface area contributed by atoms with Crippen LogP contribution in [0.1, 0.15) is 25.0 Å². The number of anilines is 1. The first kappa shape index (κ1) is 18.5. The molecular weight excluding hydrogens is 335 g/mol. The van der Waals surface area contributed by atoms with E-state index in [1.54, 1.807) is 22.9 Å². The molecule has 1 fully saturated rings. The summed E-state index contributed by atoms with van der Waals surface area (Å²) in [4.78, 5) is 14.4. The Morgan fingerprint density at radius 2 is 2.15 bits per heavy atom. The molecule has 7 heteroatoms. The molecule has 1 aromatic carbocycles. The average molecular weight is 360 g/mol. The minimum atomic E-state index is -0.310. The zero-order valence-electron chi connectivity index (χ0n) is 15.2. The highest BCUT2D eigenvalue weighted by Crippen LogP contribution is 2.18. The first-order valence-corrected chi connectivity index (χ1v) is 8.94. The Hall–Kier alpha value is -2.25. The molecule has 1 aliphatic rings. The summed E-state index contributed by atoms with van der Waals surface area (Å²) in [6.07, 6.45) is 3.55. The molecule has 0 spiro atoms. The van der Waals surface area contributed by atoms with Crippen LogP contribution >= 0.6 is 0 Å². The van der Waals surface area contributed by atoms with Gasteiger partial charge in [0.1, 0.15) is 11.6 Å². The molecule has 0 radical (unpaired) electrons. The molecule has 2 aromatic rings. The Bertz CT molecular complexity index is 738. The Labute approximate surface area is 152 Å². The average Bonchev–Trinajstić information content (AvgIpc) is 2.96. The van der Waals surface area contributed by atoms with Crippen molar-refractivity contribution in [3.8, 4) is 5.69 Å². The van der Waals surface area contributed by atoms with Crippen molar-refractivity contribution in [2.75, 3.05) is 32.1 Å². The smallest absolute Gasteiger partial charge is 0.239 e. The van der Waals surface area contributed by atoms with Gasteiger partial charge in [0.05, 0.1) is 24.0 Å². The van der Waals surface area contributed by atoms with Gasteiger partial charge in [0.2, 0.25) is 5.91 Å². The van der Waals surface area contributed by atoms with Crippen molar-refractivity contribution >= 4 is 11.7 Å². The molecule has 1 unspecified atom stereocenters. The predicted octanol–water partition coefficient (Wildman–Crippen LogP) is 2.76. The van der Waals surface area contributed by atoms with Crippen molar-refractivity contribution in [2.45, 2.75) is 32.3 Å². The first-order valence-electron chi connectivity index (χ1n) is 8.94. The first-order chi connectivity index (χ1) is 12.5. The van der Waals surface area contributed by atoms with E-state index in [9.17, 15) is 9.18 Å². The van der Waals surface area contributed by atoms with Crippen LogP contribution in [0.4, 0.5) is 10.2 Å². The third-order valence-corrected chi connectivity index (χ3v) is 4.37. The van der Waals surface area contributed by atoms with Crippen LogP contribution in [0.3, 0.4) is 0 Å². The zero-order valence-corrected chi connectivity index (χ0v) is 15.2. The van der Waals surface area contributed by atoms with Crippen molar-refractivity contribution in [2.24, 2.45) is 0 Å². The highest BCUT2D eigenvalue weighted by molar-refractivity contribution is 5.91. The lowest BCUT2D eigenvalue weighted by Gasteiger charge is -2.27. The number of carbonyl (C=O) groups is 1. The van der Waals surface area contributed by atoms with Crippen LogP contribution in [0.5, 0.6) is 0 Å². The number of ether oxygens (including phenoxy) is 1. The Morgan fingerprint density at radius 3 is 2.85 bits per heavy atom. The lowest BCUT2D eigenvalue weighted by atomic mass is 10.1. The molecular formula is C19H25FN4O2. The standard InChI is InChI=1S/C19H25FN4O2/c1-14-11-18(24(22-14)16-8-6-15(20)7-9-16)21-19(25)13-23(2)12-17-5-3-4-10-26-17/h6-9,11,17H,3-5,10,12-13H2,1-2H3,(H,21,25). The maximum absolute atomic E-state index is 13.1. The normalized spacial score (nSPS) is 17.5. The van der Waals surface area contributed by atoms with Gasteiger partial charge in [-0.1, -0.05) is 0 Å². The predicted molar refractivity (Wildman–Crippen MR) is 98.0 cm³/mol. The summed E-state index contributed by atoms with van der Waals surface area (Å²) >= 11 is 0. The molecule has 0 saturated carbocycles. The fourth-order valence-electron chi connectivity index (χ4n) is 3.16. The van der Waals surface area contributed by atoms with Gasteiger partial charge in [-0.25, -0.2) is 9.07 Å². The number of rotatable bonds is 6. The molecule has 0 aliphatic carbocycles. The number of amides is 1. The molecule has 1 aromatic heterocycles. The van der Waals surface area contributed by atoms with Gasteiger partial charge in [-0.2, -0.15) is 5.10 Å². The van der Waals surface area contributed by atoms with Crippen LogP contribution in [0.15, 0.2) is 30.3 Å². The van der Waals surface area contributed by atoms with E-state index in [1.807, 2.05) is 18.9 Å². The van der Waals surface area contributed by atoms with Crippen molar-refractivity contribution < 1.29 is 13.9 Å². The van der Waals surface area contributed by atoms with Crippen molar-refractivity contribution in [1.29, 1.82) is 0 Å². The van der Waals surface area contributed by atoms with E-state index in [-0.39, 0.29) is 24.4 Å². The molecule has 1 saturated heterocycles. The molecule has 1 atom stereocenters. The summed E-state index contributed by atoms with van der Waals surface area (Å²) in [5, 5.41) is 7.28. The topological polar surface area (TPSA) is 59.4 Å². The molecule has 2 heterocycles. The lowest BCUT2D eigenvalue weighted by molar-refractivity contribution is -0.117. The van der Waals surface area contributed by atoms with Crippen LogP contribution in [0.25, 0.3) is 5.69 Å². The number of nitrogens with one attached hydrogen (secondary N) is 1. The van der Waals surface area contributed by atoms with Gasteiger partial charge in [-0.05, 0) is 57.5 Å². The molecule has 1 amide bonds. The number of nitrogens with zero attached hydrogens (tertiary/aromatic N) is 3. The number of aryl methyl sites for hydroxylation is 1. The Kier molecular flexibility index (Phi) is 6.00. The fraction of sp³-hybridized carbons (Fsp3) is 0.474. The van der Waals surface area contributed by atoms with E-state index in [4.69, 9.17) is 4.74 Å². The maximum atomic E-state index is 13.1. The lowest BCUT2D eigenvalue weighted by Crippen LogP contribution is -2.38. The number of carbonyl (C=O) groups excluding carboxylic acids is 1. The molecule has 0 bridgehead atoms. The second-order valence-corrected chi connectivity index (χ2v) is 6.79. The van der Waals surface area contributed by atoms with Crippen LogP contribution < -0.4 is 5.32 Å². The van der Waals surface area contributed by atoms with Gasteiger partial charge in [0.25, 0.3) is 0 Å². The molecule has 1 aliphatic heterocycles. The largest absolute Gasteiger partial charge is 0.377 e. The minimum absolute atomic E-state index is 0.119. The van der Waals surface area contributed by atoms with Crippen molar-refractivity contribution in [1.82, 2.24) is 14.7 Å². The highest BCUT2D eigenvalue weighted by atomic mass is 19.1. The van der Waals surface area contributed by atoms with E-state index in [1.165, 1.54) is 18.6 Å². The Morgan fingerprint density at radius 1 is 1.38 bits per heavy atom. The van der Waals surface area contributed by atoms with Gasteiger partial charge in [-0.15, -0.1) is 0 Å². The van der Waals surface area contributed by atoms with Crippen LogP contribution in [0, 0.1) is 12.7 Å². The van der Waals surface area contributed by atoms with E-state index in [2.05, 4.69) is 10.4 Å². The number of aromatic nitrogens is 2. The van der Waals surface area contributed by atoms with Crippen molar-refractivity contribution in [3.05, 3.63) is 41.8 Å².